The van der Waals surface area contributed by atoms with E-state index < -0.39 is 0 Å². The van der Waals surface area contributed by atoms with Gasteiger partial charge < -0.3 is 0 Å². The Hall–Kier alpha value is -1.35. The molecule has 1 heterocycles. The Morgan fingerprint density at radius 3 is 2.47 bits per heavy atom. The van der Waals surface area contributed by atoms with Gasteiger partial charge in [-0.1, -0.05) is 41.9 Å². The smallest absolute Gasteiger partial charge is 0.264 e. The molecular formula is C12H13NOS. The van der Waals surface area contributed by atoms with Crippen LogP contribution in [0.5, 0.6) is 0 Å². The molecule has 0 amide bonds. The third-order valence-electron chi connectivity index (χ3n) is 2.41. The zero-order valence-corrected chi connectivity index (χ0v) is 9.67. The lowest BCUT2D eigenvalue weighted by molar-refractivity contribution is 0.805. The fourth-order valence-corrected chi connectivity index (χ4v) is 2.61. The Labute approximate surface area is 93.0 Å². The van der Waals surface area contributed by atoms with Gasteiger partial charge in [-0.25, -0.2) is 0 Å². The van der Waals surface area contributed by atoms with Gasteiger partial charge in [0.05, 0.1) is 4.88 Å². The van der Waals surface area contributed by atoms with Crippen molar-refractivity contribution >= 4 is 11.5 Å². The van der Waals surface area contributed by atoms with Gasteiger partial charge in [0, 0.05) is 12.1 Å². The molecule has 0 bridgehead atoms. The Bertz CT molecular complexity index is 510. The summed E-state index contributed by atoms with van der Waals surface area (Å²) in [6.07, 6.45) is 0. The van der Waals surface area contributed by atoms with Crippen molar-refractivity contribution in [2.75, 3.05) is 0 Å². The molecule has 0 atom stereocenters. The van der Waals surface area contributed by atoms with Gasteiger partial charge in [0.2, 0.25) is 0 Å². The van der Waals surface area contributed by atoms with Crippen molar-refractivity contribution in [1.29, 1.82) is 0 Å². The van der Waals surface area contributed by atoms with E-state index in [1.807, 2.05) is 44.2 Å². The molecule has 2 aromatic rings. The minimum Gasteiger partial charge on any atom is -0.268 e. The summed E-state index contributed by atoms with van der Waals surface area (Å²) in [5.74, 6) is 0. The second-order valence-corrected chi connectivity index (χ2v) is 4.44. The van der Waals surface area contributed by atoms with Crippen LogP contribution in [0.4, 0.5) is 0 Å². The highest BCUT2D eigenvalue weighted by atomic mass is 32.1. The predicted molar refractivity (Wildman–Crippen MR) is 64.4 cm³/mol. The molecule has 1 aromatic heterocycles. The first-order valence-electron chi connectivity index (χ1n) is 5.00. The highest BCUT2D eigenvalue weighted by Crippen LogP contribution is 2.25. The van der Waals surface area contributed by atoms with Crippen LogP contribution in [-0.2, 0) is 6.54 Å². The van der Waals surface area contributed by atoms with Crippen LogP contribution in [0.3, 0.4) is 0 Å². The van der Waals surface area contributed by atoms with Gasteiger partial charge in [-0.3, -0.25) is 8.75 Å². The van der Waals surface area contributed by atoms with Crippen LogP contribution in [0.1, 0.15) is 12.5 Å². The molecule has 0 radical (unpaired) electrons. The Balaban J connectivity index is 2.60. The third kappa shape index (κ3) is 1.75. The van der Waals surface area contributed by atoms with Crippen LogP contribution >= 0.6 is 11.5 Å². The van der Waals surface area contributed by atoms with E-state index >= 15 is 0 Å². The minimum absolute atomic E-state index is 0.140. The third-order valence-corrected chi connectivity index (χ3v) is 3.78. The fraction of sp³-hybridized carbons (Fsp3) is 0.250. The summed E-state index contributed by atoms with van der Waals surface area (Å²) in [4.78, 5) is 12.9. The van der Waals surface area contributed by atoms with E-state index in [0.29, 0.717) is 0 Å². The van der Waals surface area contributed by atoms with Gasteiger partial charge in [-0.2, -0.15) is 0 Å². The number of aromatic nitrogens is 1. The van der Waals surface area contributed by atoms with E-state index in [0.717, 1.165) is 22.5 Å². The molecule has 0 fully saturated rings. The lowest BCUT2D eigenvalue weighted by atomic mass is 10.1. The van der Waals surface area contributed by atoms with Crippen molar-refractivity contribution in [1.82, 2.24) is 3.96 Å². The highest BCUT2D eigenvalue weighted by Gasteiger charge is 2.10. The average Bonchev–Trinajstić information content (AvgIpc) is 2.57. The van der Waals surface area contributed by atoms with Gasteiger partial charge in [0.25, 0.3) is 5.56 Å². The summed E-state index contributed by atoms with van der Waals surface area (Å²) in [7, 11) is 0. The second-order valence-electron chi connectivity index (χ2n) is 3.41. The van der Waals surface area contributed by atoms with Crippen LogP contribution in [0.25, 0.3) is 10.4 Å². The van der Waals surface area contributed by atoms with E-state index in [2.05, 4.69) is 0 Å². The van der Waals surface area contributed by atoms with E-state index in [1.165, 1.54) is 0 Å². The first kappa shape index (κ1) is 10.2. The Morgan fingerprint density at radius 1 is 1.27 bits per heavy atom. The van der Waals surface area contributed by atoms with Crippen molar-refractivity contribution in [2.24, 2.45) is 0 Å². The van der Waals surface area contributed by atoms with Gasteiger partial charge >= 0.3 is 0 Å². The normalized spacial score (nSPS) is 10.5. The number of benzene rings is 1. The van der Waals surface area contributed by atoms with Crippen LogP contribution in [0, 0.1) is 6.92 Å². The number of hydrogen-bond acceptors (Lipinski definition) is 2. The zero-order valence-electron chi connectivity index (χ0n) is 8.86. The number of hydrogen-bond donors (Lipinski definition) is 0. The van der Waals surface area contributed by atoms with E-state index in [9.17, 15) is 4.79 Å². The number of nitrogens with zero attached hydrogens (tertiary/aromatic N) is 1. The molecule has 3 heteroatoms. The molecule has 0 unspecified atom stereocenters. The lowest BCUT2D eigenvalue weighted by Crippen LogP contribution is -2.13. The lowest BCUT2D eigenvalue weighted by Gasteiger charge is -1.96. The SMILES string of the molecule is CCn1sc(-c2ccccc2)c(C)c1=O. The molecule has 2 rings (SSSR count). The highest BCUT2D eigenvalue weighted by molar-refractivity contribution is 7.10. The van der Waals surface area contributed by atoms with Crippen molar-refractivity contribution in [3.05, 3.63) is 46.2 Å². The summed E-state index contributed by atoms with van der Waals surface area (Å²) in [6, 6.07) is 10.1. The fourth-order valence-electron chi connectivity index (χ4n) is 1.57. The van der Waals surface area contributed by atoms with Gasteiger partial charge in [0.15, 0.2) is 0 Å². The van der Waals surface area contributed by atoms with E-state index in [4.69, 9.17) is 0 Å². The molecule has 1 aromatic carbocycles. The maximum absolute atomic E-state index is 11.8. The summed E-state index contributed by atoms with van der Waals surface area (Å²) >= 11 is 1.54. The standard InChI is InChI=1S/C12H13NOS/c1-3-13-12(14)9(2)11(15-13)10-7-5-4-6-8-10/h4-8H,3H2,1-2H3. The van der Waals surface area contributed by atoms with Gasteiger partial charge in [-0.05, 0) is 19.4 Å². The van der Waals surface area contributed by atoms with Crippen LogP contribution < -0.4 is 5.56 Å². The molecule has 0 aliphatic heterocycles. The molecule has 78 valence electrons. The van der Waals surface area contributed by atoms with E-state index in [-0.39, 0.29) is 5.56 Å². The van der Waals surface area contributed by atoms with Gasteiger partial charge in [-0.15, -0.1) is 0 Å². The van der Waals surface area contributed by atoms with Crippen LogP contribution in [0.2, 0.25) is 0 Å². The molecule has 0 saturated heterocycles. The Kier molecular flexibility index (Phi) is 2.73. The average molecular weight is 219 g/mol. The van der Waals surface area contributed by atoms with Gasteiger partial charge in [0.1, 0.15) is 0 Å². The monoisotopic (exact) mass is 219 g/mol. The molecule has 0 spiro atoms. The summed E-state index contributed by atoms with van der Waals surface area (Å²) < 4.78 is 1.79. The topological polar surface area (TPSA) is 22.0 Å². The number of aryl methyl sites for hydroxylation is 1. The van der Waals surface area contributed by atoms with Crippen LogP contribution in [-0.4, -0.2) is 3.96 Å². The first-order valence-corrected chi connectivity index (χ1v) is 5.77. The van der Waals surface area contributed by atoms with Crippen molar-refractivity contribution < 1.29 is 0 Å². The van der Waals surface area contributed by atoms with Crippen LogP contribution in [0.15, 0.2) is 35.1 Å². The quantitative estimate of drug-likeness (QED) is 0.761. The summed E-state index contributed by atoms with van der Waals surface area (Å²) in [5, 5.41) is 0. The molecule has 0 saturated carbocycles. The predicted octanol–water partition coefficient (Wildman–Crippen LogP) is 2.91. The molecule has 2 nitrogen and oxygen atoms in total. The minimum atomic E-state index is 0.140. The Morgan fingerprint density at radius 2 is 1.93 bits per heavy atom. The zero-order chi connectivity index (χ0) is 10.8. The summed E-state index contributed by atoms with van der Waals surface area (Å²) in [6.45, 7) is 4.64. The molecule has 0 N–H and O–H groups in total. The van der Waals surface area contributed by atoms with Crippen molar-refractivity contribution in [3.8, 4) is 10.4 Å². The molecule has 0 aliphatic rings. The first-order chi connectivity index (χ1) is 7.24. The summed E-state index contributed by atoms with van der Waals surface area (Å²) in [5.41, 5.74) is 2.12. The van der Waals surface area contributed by atoms with Crippen molar-refractivity contribution in [2.45, 2.75) is 20.4 Å². The molecule has 0 aliphatic carbocycles. The number of rotatable bonds is 2. The maximum atomic E-state index is 11.8. The molecule has 15 heavy (non-hydrogen) atoms. The van der Waals surface area contributed by atoms with Crippen molar-refractivity contribution in [3.63, 3.8) is 0 Å². The molecular weight excluding hydrogens is 206 g/mol. The second kappa shape index (κ2) is 4.03. The maximum Gasteiger partial charge on any atom is 0.264 e. The van der Waals surface area contributed by atoms with E-state index in [1.54, 1.807) is 15.5 Å². The largest absolute Gasteiger partial charge is 0.268 e.